The Morgan fingerprint density at radius 1 is 1.16 bits per heavy atom. The molecular weight excluding hydrogens is 328 g/mol. The number of oxime groups is 1. The number of guanidine groups is 1. The van der Waals surface area contributed by atoms with E-state index in [1.54, 1.807) is 48.6 Å². The van der Waals surface area contributed by atoms with Crippen LogP contribution in [0.1, 0.15) is 54.4 Å². The van der Waals surface area contributed by atoms with E-state index < -0.39 is 29.3 Å². The van der Waals surface area contributed by atoms with Crippen LogP contribution in [0.2, 0.25) is 0 Å². The van der Waals surface area contributed by atoms with Gasteiger partial charge in [0.05, 0.1) is 0 Å². The maximum Gasteiger partial charge on any atom is 0.408 e. The van der Waals surface area contributed by atoms with E-state index >= 15 is 0 Å². The Kier molecular flexibility index (Phi) is 8.52. The number of nitrogens with one attached hydrogen (secondary N) is 1. The summed E-state index contributed by atoms with van der Waals surface area (Å²) >= 11 is 0. The molecule has 9 heteroatoms. The number of hydrogen-bond donors (Lipinski definition) is 3. The second-order valence-electron chi connectivity index (χ2n) is 7.75. The molecule has 1 atom stereocenters. The lowest BCUT2D eigenvalue weighted by molar-refractivity contribution is -0.157. The molecule has 0 aromatic rings. The van der Waals surface area contributed by atoms with Crippen molar-refractivity contribution in [2.45, 2.75) is 71.6 Å². The van der Waals surface area contributed by atoms with Gasteiger partial charge in [-0.3, -0.25) is 0 Å². The third-order valence-electron chi connectivity index (χ3n) is 2.86. The molecule has 0 aromatic heterocycles. The Balaban J connectivity index is 4.84. The van der Waals surface area contributed by atoms with Crippen molar-refractivity contribution in [2.24, 2.45) is 10.9 Å². The highest BCUT2D eigenvalue weighted by molar-refractivity contribution is 5.81. The summed E-state index contributed by atoms with van der Waals surface area (Å²) in [5.74, 6) is -0.571. The molecule has 0 aliphatic carbocycles. The van der Waals surface area contributed by atoms with E-state index in [0.29, 0.717) is 19.4 Å². The summed E-state index contributed by atoms with van der Waals surface area (Å²) < 4.78 is 10.5. The first-order valence-corrected chi connectivity index (χ1v) is 8.16. The number of ether oxygens (including phenoxy) is 2. The number of rotatable bonds is 6. The van der Waals surface area contributed by atoms with Gasteiger partial charge >= 0.3 is 12.1 Å². The molecule has 0 saturated carbocycles. The summed E-state index contributed by atoms with van der Waals surface area (Å²) in [4.78, 5) is 25.8. The first-order valence-electron chi connectivity index (χ1n) is 8.16. The molecule has 0 rings (SSSR count). The maximum atomic E-state index is 12.3. The van der Waals surface area contributed by atoms with Crippen LogP contribution in [0.5, 0.6) is 0 Å². The molecule has 0 fully saturated rings. The average molecular weight is 360 g/mol. The van der Waals surface area contributed by atoms with E-state index in [9.17, 15) is 9.59 Å². The predicted molar refractivity (Wildman–Crippen MR) is 94.3 cm³/mol. The highest BCUT2D eigenvalue weighted by Gasteiger charge is 2.28. The van der Waals surface area contributed by atoms with Gasteiger partial charge in [0, 0.05) is 13.6 Å². The molecule has 1 amide bonds. The number of carbonyl (C=O) groups excluding carboxylic acids is 2. The zero-order chi connectivity index (χ0) is 19.8. The molecule has 0 spiro atoms. The zero-order valence-electron chi connectivity index (χ0n) is 16.3. The largest absolute Gasteiger partial charge is 0.458 e. The lowest BCUT2D eigenvalue weighted by Gasteiger charge is -2.26. The molecule has 146 valence electrons. The second kappa shape index (κ2) is 9.33. The lowest BCUT2D eigenvalue weighted by atomic mass is 10.1. The third-order valence-corrected chi connectivity index (χ3v) is 2.86. The Bertz CT molecular complexity index is 480. The minimum Gasteiger partial charge on any atom is -0.458 e. The molecule has 9 nitrogen and oxygen atoms in total. The second-order valence-corrected chi connectivity index (χ2v) is 7.75. The number of alkyl carbamates (subject to hydrolysis) is 1. The zero-order valence-corrected chi connectivity index (χ0v) is 16.3. The van der Waals surface area contributed by atoms with Crippen molar-refractivity contribution in [3.05, 3.63) is 0 Å². The van der Waals surface area contributed by atoms with Crippen LogP contribution in [0.25, 0.3) is 0 Å². The van der Waals surface area contributed by atoms with Crippen molar-refractivity contribution in [1.82, 2.24) is 10.2 Å². The molecule has 0 radical (unpaired) electrons. The third kappa shape index (κ3) is 11.1. The molecule has 0 unspecified atom stereocenters. The van der Waals surface area contributed by atoms with Crippen molar-refractivity contribution in [2.75, 3.05) is 13.6 Å². The molecule has 0 saturated heterocycles. The Labute approximate surface area is 149 Å². The van der Waals surface area contributed by atoms with Crippen molar-refractivity contribution < 1.29 is 24.3 Å². The quantitative estimate of drug-likeness (QED) is 0.216. The minimum atomic E-state index is -0.852. The summed E-state index contributed by atoms with van der Waals surface area (Å²) in [6, 6.07) is -0.852. The topological polar surface area (TPSA) is 126 Å². The van der Waals surface area contributed by atoms with Crippen LogP contribution in [-0.4, -0.2) is 59.0 Å². The molecule has 0 heterocycles. The van der Waals surface area contributed by atoms with Gasteiger partial charge in [-0.05, 0) is 54.4 Å². The van der Waals surface area contributed by atoms with Gasteiger partial charge in [-0.2, -0.15) is 0 Å². The first kappa shape index (κ1) is 22.8. The highest BCUT2D eigenvalue weighted by atomic mass is 16.6. The first-order chi connectivity index (χ1) is 11.2. The van der Waals surface area contributed by atoms with Crippen molar-refractivity contribution in [3.8, 4) is 0 Å². The Morgan fingerprint density at radius 3 is 2.12 bits per heavy atom. The van der Waals surface area contributed by atoms with Crippen LogP contribution in [0.3, 0.4) is 0 Å². The number of nitrogens with two attached hydrogens (primary N) is 1. The minimum absolute atomic E-state index is 0.0334. The maximum absolute atomic E-state index is 12.3. The molecule has 0 bridgehead atoms. The van der Waals surface area contributed by atoms with Gasteiger partial charge in [-0.25, -0.2) is 9.59 Å². The molecule has 0 aromatic carbocycles. The number of nitrogens with zero attached hydrogens (tertiary/aromatic N) is 2. The van der Waals surface area contributed by atoms with Crippen molar-refractivity contribution in [1.29, 1.82) is 0 Å². The fourth-order valence-electron chi connectivity index (χ4n) is 1.80. The monoisotopic (exact) mass is 360 g/mol. The van der Waals surface area contributed by atoms with Crippen LogP contribution in [0.4, 0.5) is 4.79 Å². The molecule has 0 aliphatic rings. The Morgan fingerprint density at radius 2 is 1.68 bits per heavy atom. The van der Waals surface area contributed by atoms with Gasteiger partial charge in [0.1, 0.15) is 17.2 Å². The highest BCUT2D eigenvalue weighted by Crippen LogP contribution is 2.12. The lowest BCUT2D eigenvalue weighted by Crippen LogP contribution is -2.46. The van der Waals surface area contributed by atoms with E-state index in [0.717, 1.165) is 0 Å². The summed E-state index contributed by atoms with van der Waals surface area (Å²) in [6.07, 6.45) is 0.136. The van der Waals surface area contributed by atoms with E-state index in [1.807, 2.05) is 0 Å². The van der Waals surface area contributed by atoms with Gasteiger partial charge in [-0.15, -0.1) is 0 Å². The summed E-state index contributed by atoms with van der Waals surface area (Å²) in [5.41, 5.74) is 4.13. The number of carbonyl (C=O) groups is 2. The molecule has 25 heavy (non-hydrogen) atoms. The van der Waals surface area contributed by atoms with Crippen LogP contribution in [0.15, 0.2) is 5.16 Å². The standard InChI is InChI=1S/C16H32N4O5/c1-15(2,3)24-12(21)11(18-14(22)25-16(4,5)6)9-8-10-20(7)13(17)19-23/h11,23H,8-10H2,1-7H3,(H2,17,19)(H,18,22)/t11-/m0/s1. The van der Waals surface area contributed by atoms with Crippen LogP contribution >= 0.6 is 0 Å². The van der Waals surface area contributed by atoms with E-state index in [4.69, 9.17) is 20.4 Å². The number of amides is 1. The summed E-state index contributed by atoms with van der Waals surface area (Å²) in [5, 5.41) is 14.1. The van der Waals surface area contributed by atoms with Crippen molar-refractivity contribution in [3.63, 3.8) is 0 Å². The fourth-order valence-corrected chi connectivity index (χ4v) is 1.80. The predicted octanol–water partition coefficient (Wildman–Crippen LogP) is 1.64. The summed E-state index contributed by atoms with van der Waals surface area (Å²) in [6.45, 7) is 10.9. The van der Waals surface area contributed by atoms with Gasteiger partial charge in [0.2, 0.25) is 5.96 Å². The average Bonchev–Trinajstić information content (AvgIpc) is 2.41. The smallest absolute Gasteiger partial charge is 0.408 e. The van der Waals surface area contributed by atoms with Crippen molar-refractivity contribution >= 4 is 18.0 Å². The molecular formula is C16H32N4O5. The van der Waals surface area contributed by atoms with Crippen LogP contribution in [-0.2, 0) is 14.3 Å². The van der Waals surface area contributed by atoms with Gasteiger partial charge < -0.3 is 30.6 Å². The van der Waals surface area contributed by atoms with Gasteiger partial charge in [0.25, 0.3) is 0 Å². The summed E-state index contributed by atoms with van der Waals surface area (Å²) in [7, 11) is 1.65. The normalized spacial score (nSPS) is 13.8. The molecule has 0 aliphatic heterocycles. The van der Waals surface area contributed by atoms with Crippen LogP contribution in [0, 0.1) is 0 Å². The van der Waals surface area contributed by atoms with E-state index in [1.165, 1.54) is 4.90 Å². The van der Waals surface area contributed by atoms with E-state index in [-0.39, 0.29) is 5.96 Å². The fraction of sp³-hybridized carbons (Fsp3) is 0.812. The van der Waals surface area contributed by atoms with E-state index in [2.05, 4.69) is 10.5 Å². The Hall–Kier alpha value is -2.19. The number of hydrogen-bond acceptors (Lipinski definition) is 6. The SMILES string of the molecule is CN(CCC[C@H](NC(=O)OC(C)(C)C)C(=O)OC(C)(C)C)/C(N)=N/O. The number of esters is 1. The molecule has 4 N–H and O–H groups in total. The van der Waals surface area contributed by atoms with Gasteiger partial charge in [-0.1, -0.05) is 5.16 Å². The van der Waals surface area contributed by atoms with Gasteiger partial charge in [0.15, 0.2) is 0 Å². The van der Waals surface area contributed by atoms with Crippen LogP contribution < -0.4 is 11.1 Å².